The molecule has 118 valence electrons. The number of hydrogen-bond acceptors (Lipinski definition) is 6. The second kappa shape index (κ2) is 7.81. The number of urea groups is 1. The Morgan fingerprint density at radius 3 is 2.57 bits per heavy atom. The monoisotopic (exact) mass is 316 g/mol. The standard InChI is InChI=1S/C11H20N6O3S/c1-4-11(3,5-2)21-6-7(8(18)19)12-10(20)13-9-14-16-17-15-9/h7H,4-6H2,1-3H3,(H,18,19)(H3,12,13,14,15,16,17,20). The highest BCUT2D eigenvalue weighted by molar-refractivity contribution is 8.00. The molecule has 0 saturated carbocycles. The highest BCUT2D eigenvalue weighted by Crippen LogP contribution is 2.32. The number of amides is 2. The van der Waals surface area contributed by atoms with Gasteiger partial charge in [-0.15, -0.1) is 5.10 Å². The maximum Gasteiger partial charge on any atom is 0.327 e. The van der Waals surface area contributed by atoms with E-state index in [1.807, 2.05) is 0 Å². The Balaban J connectivity index is 2.53. The number of nitrogens with zero attached hydrogens (tertiary/aromatic N) is 3. The van der Waals surface area contributed by atoms with Gasteiger partial charge in [0.25, 0.3) is 5.95 Å². The smallest absolute Gasteiger partial charge is 0.327 e. The molecule has 1 heterocycles. The summed E-state index contributed by atoms with van der Waals surface area (Å²) in [6.07, 6.45) is 1.85. The van der Waals surface area contributed by atoms with E-state index >= 15 is 0 Å². The van der Waals surface area contributed by atoms with Gasteiger partial charge in [0.05, 0.1) is 0 Å². The molecule has 0 spiro atoms. The first kappa shape index (κ1) is 17.2. The van der Waals surface area contributed by atoms with E-state index in [9.17, 15) is 14.7 Å². The van der Waals surface area contributed by atoms with Gasteiger partial charge in [-0.05, 0) is 18.1 Å². The summed E-state index contributed by atoms with van der Waals surface area (Å²) in [5, 5.41) is 26.4. The number of rotatable bonds is 8. The molecule has 1 rings (SSSR count). The topological polar surface area (TPSA) is 133 Å². The van der Waals surface area contributed by atoms with Crippen molar-refractivity contribution in [2.24, 2.45) is 0 Å². The third-order valence-electron chi connectivity index (χ3n) is 3.27. The van der Waals surface area contributed by atoms with Crippen LogP contribution in [0, 0.1) is 0 Å². The maximum atomic E-state index is 11.7. The van der Waals surface area contributed by atoms with Crippen molar-refractivity contribution in [3.8, 4) is 0 Å². The first-order valence-electron chi connectivity index (χ1n) is 6.58. The lowest BCUT2D eigenvalue weighted by Gasteiger charge is -2.27. The number of aromatic nitrogens is 4. The van der Waals surface area contributed by atoms with Crippen LogP contribution in [0.3, 0.4) is 0 Å². The molecule has 21 heavy (non-hydrogen) atoms. The summed E-state index contributed by atoms with van der Waals surface area (Å²) in [6, 6.07) is -1.67. The van der Waals surface area contributed by atoms with Crippen LogP contribution in [0.5, 0.6) is 0 Å². The Labute approximate surface area is 126 Å². The van der Waals surface area contributed by atoms with Crippen molar-refractivity contribution in [3.63, 3.8) is 0 Å². The van der Waals surface area contributed by atoms with Crippen LogP contribution < -0.4 is 10.6 Å². The summed E-state index contributed by atoms with van der Waals surface area (Å²) in [6.45, 7) is 6.20. The minimum absolute atomic E-state index is 0.000471. The minimum Gasteiger partial charge on any atom is -0.480 e. The molecule has 0 aromatic carbocycles. The number of hydrogen-bond donors (Lipinski definition) is 4. The predicted octanol–water partition coefficient (Wildman–Crippen LogP) is 1.09. The Morgan fingerprint density at radius 2 is 2.10 bits per heavy atom. The van der Waals surface area contributed by atoms with Crippen LogP contribution in [0.2, 0.25) is 0 Å². The Morgan fingerprint density at radius 1 is 1.43 bits per heavy atom. The van der Waals surface area contributed by atoms with E-state index in [1.54, 1.807) is 0 Å². The fourth-order valence-electron chi connectivity index (χ4n) is 1.42. The van der Waals surface area contributed by atoms with Crippen LogP contribution >= 0.6 is 11.8 Å². The third-order valence-corrected chi connectivity index (χ3v) is 5.04. The van der Waals surface area contributed by atoms with Crippen molar-refractivity contribution in [3.05, 3.63) is 0 Å². The lowest BCUT2D eigenvalue weighted by Crippen LogP contribution is -2.45. The molecule has 0 saturated heterocycles. The molecule has 1 atom stereocenters. The molecular formula is C11H20N6O3S. The second-order valence-electron chi connectivity index (χ2n) is 4.69. The van der Waals surface area contributed by atoms with Crippen molar-refractivity contribution in [2.45, 2.75) is 44.4 Å². The molecule has 10 heteroatoms. The zero-order valence-electron chi connectivity index (χ0n) is 12.2. The average molecular weight is 316 g/mol. The molecular weight excluding hydrogens is 296 g/mol. The minimum atomic E-state index is -1.08. The fraction of sp³-hybridized carbons (Fsp3) is 0.727. The molecule has 0 aliphatic heterocycles. The number of anilines is 1. The van der Waals surface area contributed by atoms with Crippen molar-refractivity contribution in [1.29, 1.82) is 0 Å². The number of tetrazole rings is 1. The normalized spacial score (nSPS) is 12.7. The number of carboxylic acids is 1. The average Bonchev–Trinajstić information content (AvgIpc) is 2.95. The van der Waals surface area contributed by atoms with Crippen molar-refractivity contribution in [1.82, 2.24) is 25.9 Å². The first-order chi connectivity index (χ1) is 9.90. The quantitative estimate of drug-likeness (QED) is 0.564. The summed E-state index contributed by atoms with van der Waals surface area (Å²) >= 11 is 1.54. The Hall–Kier alpha value is -1.84. The number of aliphatic carboxylic acids is 1. The summed E-state index contributed by atoms with van der Waals surface area (Å²) in [7, 11) is 0. The molecule has 4 N–H and O–H groups in total. The number of aromatic amines is 1. The van der Waals surface area contributed by atoms with Crippen LogP contribution in [0.15, 0.2) is 0 Å². The van der Waals surface area contributed by atoms with Gasteiger partial charge in [-0.2, -0.15) is 17.0 Å². The largest absolute Gasteiger partial charge is 0.480 e. The van der Waals surface area contributed by atoms with Gasteiger partial charge in [0.2, 0.25) is 0 Å². The van der Waals surface area contributed by atoms with Crippen LogP contribution in [0.25, 0.3) is 0 Å². The van der Waals surface area contributed by atoms with Crippen LogP contribution in [0.4, 0.5) is 10.7 Å². The molecule has 1 aromatic heterocycles. The number of carbonyl (C=O) groups excluding carboxylic acids is 1. The van der Waals surface area contributed by atoms with Gasteiger partial charge < -0.3 is 10.4 Å². The van der Waals surface area contributed by atoms with E-state index < -0.39 is 18.0 Å². The first-order valence-corrected chi connectivity index (χ1v) is 7.56. The van der Waals surface area contributed by atoms with E-state index in [-0.39, 0.29) is 16.4 Å². The number of carbonyl (C=O) groups is 2. The van der Waals surface area contributed by atoms with Gasteiger partial charge in [0, 0.05) is 10.5 Å². The van der Waals surface area contributed by atoms with Gasteiger partial charge in [0.15, 0.2) is 0 Å². The zero-order valence-corrected chi connectivity index (χ0v) is 13.0. The molecule has 1 aromatic rings. The van der Waals surface area contributed by atoms with E-state index in [0.717, 1.165) is 12.8 Å². The van der Waals surface area contributed by atoms with Gasteiger partial charge in [-0.3, -0.25) is 5.32 Å². The van der Waals surface area contributed by atoms with E-state index in [4.69, 9.17) is 0 Å². The van der Waals surface area contributed by atoms with Gasteiger partial charge in [0.1, 0.15) is 6.04 Å². The number of carboxylic acid groups (broad SMARTS) is 1. The van der Waals surface area contributed by atoms with Crippen LogP contribution in [-0.2, 0) is 4.79 Å². The third kappa shape index (κ3) is 5.58. The van der Waals surface area contributed by atoms with E-state index in [2.05, 4.69) is 52.0 Å². The number of nitrogens with one attached hydrogen (secondary N) is 3. The molecule has 1 unspecified atom stereocenters. The molecule has 0 fully saturated rings. The lowest BCUT2D eigenvalue weighted by atomic mass is 10.1. The van der Waals surface area contributed by atoms with Crippen LogP contribution in [-0.4, -0.2) is 54.3 Å². The summed E-state index contributed by atoms with van der Waals surface area (Å²) in [5.74, 6) is -0.816. The van der Waals surface area contributed by atoms with Gasteiger partial charge in [-0.1, -0.05) is 25.9 Å². The fourth-order valence-corrected chi connectivity index (χ4v) is 2.63. The predicted molar refractivity (Wildman–Crippen MR) is 79.2 cm³/mol. The summed E-state index contributed by atoms with van der Waals surface area (Å²) in [4.78, 5) is 22.9. The number of thioether (sulfide) groups is 1. The molecule has 2 amide bonds. The molecule has 9 nitrogen and oxygen atoms in total. The molecule has 0 aliphatic carbocycles. The van der Waals surface area contributed by atoms with Gasteiger partial charge in [-0.25, -0.2) is 9.59 Å². The maximum absolute atomic E-state index is 11.7. The van der Waals surface area contributed by atoms with Crippen molar-refractivity contribution in [2.75, 3.05) is 11.1 Å². The van der Waals surface area contributed by atoms with Crippen LogP contribution in [0.1, 0.15) is 33.6 Å². The Bertz CT molecular complexity index is 463. The van der Waals surface area contributed by atoms with E-state index in [1.165, 1.54) is 11.8 Å². The van der Waals surface area contributed by atoms with E-state index in [0.29, 0.717) is 0 Å². The zero-order chi connectivity index (χ0) is 15.9. The molecule has 0 radical (unpaired) electrons. The van der Waals surface area contributed by atoms with Crippen molar-refractivity contribution >= 4 is 29.7 Å². The second-order valence-corrected chi connectivity index (χ2v) is 6.30. The molecule has 0 bridgehead atoms. The highest BCUT2D eigenvalue weighted by Gasteiger charge is 2.26. The SMILES string of the molecule is CCC(C)(CC)SCC(NC(=O)Nc1nn[nH]n1)C(=O)O. The molecule has 0 aliphatic rings. The lowest BCUT2D eigenvalue weighted by molar-refractivity contribution is -0.138. The summed E-state index contributed by atoms with van der Waals surface area (Å²) < 4.78 is -0.000471. The number of H-pyrrole nitrogens is 1. The summed E-state index contributed by atoms with van der Waals surface area (Å²) in [5.41, 5.74) is 0. The van der Waals surface area contributed by atoms with Crippen molar-refractivity contribution < 1.29 is 14.7 Å². The van der Waals surface area contributed by atoms with Gasteiger partial charge >= 0.3 is 12.0 Å². The Kier molecular flexibility index (Phi) is 6.40. The highest BCUT2D eigenvalue weighted by atomic mass is 32.2.